The molecule has 1 aromatic rings. The molecule has 0 radical (unpaired) electrons. The van der Waals surface area contributed by atoms with Crippen LogP contribution in [0.15, 0.2) is 12.4 Å². The number of nitrogens with one attached hydrogen (secondary N) is 1. The summed E-state index contributed by atoms with van der Waals surface area (Å²) < 4.78 is 1.78. The molecule has 0 aliphatic rings. The van der Waals surface area contributed by atoms with Crippen molar-refractivity contribution in [1.29, 1.82) is 5.26 Å². The van der Waals surface area contributed by atoms with E-state index < -0.39 is 0 Å². The van der Waals surface area contributed by atoms with Gasteiger partial charge in [-0.05, 0) is 19.0 Å². The van der Waals surface area contributed by atoms with E-state index in [9.17, 15) is 0 Å². The van der Waals surface area contributed by atoms with E-state index in [2.05, 4.69) is 16.5 Å². The van der Waals surface area contributed by atoms with Gasteiger partial charge in [-0.25, -0.2) is 0 Å². The Labute approximate surface area is 78.2 Å². The van der Waals surface area contributed by atoms with Crippen LogP contribution in [0.4, 0.5) is 0 Å². The van der Waals surface area contributed by atoms with E-state index in [0.717, 1.165) is 12.1 Å². The van der Waals surface area contributed by atoms with Gasteiger partial charge in [-0.3, -0.25) is 4.68 Å². The maximum absolute atomic E-state index is 8.77. The molecular formula is C9H14N4. The van der Waals surface area contributed by atoms with Crippen LogP contribution >= 0.6 is 0 Å². The molecule has 4 heteroatoms. The fourth-order valence-corrected chi connectivity index (χ4v) is 1.15. The van der Waals surface area contributed by atoms with Crippen LogP contribution in [0.25, 0.3) is 0 Å². The fourth-order valence-electron chi connectivity index (χ4n) is 1.15. The SMILES string of the molecule is CCNC(C#N)Cn1cc(C)cn1. The monoisotopic (exact) mass is 178 g/mol. The molecule has 0 bridgehead atoms. The normalized spacial score (nSPS) is 12.4. The minimum Gasteiger partial charge on any atom is -0.301 e. The predicted molar refractivity (Wildman–Crippen MR) is 50.0 cm³/mol. The second-order valence-electron chi connectivity index (χ2n) is 2.98. The summed E-state index contributed by atoms with van der Waals surface area (Å²) in [7, 11) is 0. The highest BCUT2D eigenvalue weighted by Gasteiger charge is 2.05. The Hall–Kier alpha value is -1.34. The van der Waals surface area contributed by atoms with Gasteiger partial charge >= 0.3 is 0 Å². The van der Waals surface area contributed by atoms with E-state index >= 15 is 0 Å². The first kappa shape index (κ1) is 9.75. The van der Waals surface area contributed by atoms with E-state index in [0.29, 0.717) is 6.54 Å². The lowest BCUT2D eigenvalue weighted by Crippen LogP contribution is -2.31. The third-order valence-corrected chi connectivity index (χ3v) is 1.74. The van der Waals surface area contributed by atoms with Crippen LogP contribution in [-0.2, 0) is 6.54 Å². The standard InChI is InChI=1S/C9H14N4/c1-3-11-9(4-10)7-13-6-8(2)5-12-13/h5-6,9,11H,3,7H2,1-2H3. The Morgan fingerprint density at radius 3 is 3.00 bits per heavy atom. The highest BCUT2D eigenvalue weighted by Crippen LogP contribution is 1.95. The van der Waals surface area contributed by atoms with Gasteiger partial charge in [0, 0.05) is 6.20 Å². The van der Waals surface area contributed by atoms with Crippen molar-refractivity contribution in [2.75, 3.05) is 6.54 Å². The summed E-state index contributed by atoms with van der Waals surface area (Å²) in [4.78, 5) is 0. The smallest absolute Gasteiger partial charge is 0.115 e. The summed E-state index contributed by atoms with van der Waals surface area (Å²) in [5.41, 5.74) is 1.12. The van der Waals surface area contributed by atoms with Gasteiger partial charge in [0.2, 0.25) is 0 Å². The summed E-state index contributed by atoms with van der Waals surface area (Å²) in [6, 6.07) is 2.04. The molecule has 1 rings (SSSR count). The topological polar surface area (TPSA) is 53.6 Å². The Morgan fingerprint density at radius 2 is 2.54 bits per heavy atom. The van der Waals surface area contributed by atoms with Crippen LogP contribution < -0.4 is 5.32 Å². The van der Waals surface area contributed by atoms with Gasteiger partial charge in [-0.1, -0.05) is 6.92 Å². The van der Waals surface area contributed by atoms with E-state index in [1.54, 1.807) is 10.9 Å². The zero-order chi connectivity index (χ0) is 9.68. The van der Waals surface area contributed by atoms with Crippen molar-refractivity contribution in [3.05, 3.63) is 18.0 Å². The number of nitrogens with zero attached hydrogens (tertiary/aromatic N) is 3. The zero-order valence-electron chi connectivity index (χ0n) is 7.99. The molecule has 0 aliphatic heterocycles. The summed E-state index contributed by atoms with van der Waals surface area (Å²) in [5, 5.41) is 16.0. The number of likely N-dealkylation sites (N-methyl/N-ethyl adjacent to an activating group) is 1. The average molecular weight is 178 g/mol. The summed E-state index contributed by atoms with van der Waals surface area (Å²) in [6.45, 7) is 5.38. The third kappa shape index (κ3) is 2.88. The Kier molecular flexibility index (Phi) is 3.47. The lowest BCUT2D eigenvalue weighted by atomic mass is 10.3. The van der Waals surface area contributed by atoms with Gasteiger partial charge in [-0.15, -0.1) is 0 Å². The number of nitriles is 1. The number of aryl methyl sites for hydroxylation is 1. The highest BCUT2D eigenvalue weighted by atomic mass is 15.3. The summed E-state index contributed by atoms with van der Waals surface area (Å²) in [5.74, 6) is 0. The first-order chi connectivity index (χ1) is 6.26. The lowest BCUT2D eigenvalue weighted by Gasteiger charge is -2.08. The molecule has 70 valence electrons. The van der Waals surface area contributed by atoms with Crippen LogP contribution in [0.1, 0.15) is 12.5 Å². The highest BCUT2D eigenvalue weighted by molar-refractivity contribution is 5.00. The van der Waals surface area contributed by atoms with Gasteiger partial charge < -0.3 is 5.32 Å². The number of hydrogen-bond acceptors (Lipinski definition) is 3. The number of hydrogen-bond donors (Lipinski definition) is 1. The minimum atomic E-state index is -0.149. The van der Waals surface area contributed by atoms with Crippen LogP contribution in [-0.4, -0.2) is 22.4 Å². The van der Waals surface area contributed by atoms with Crippen LogP contribution in [0.3, 0.4) is 0 Å². The molecule has 0 saturated heterocycles. The lowest BCUT2D eigenvalue weighted by molar-refractivity contribution is 0.501. The number of rotatable bonds is 4. The van der Waals surface area contributed by atoms with Crippen molar-refractivity contribution in [2.45, 2.75) is 26.4 Å². The van der Waals surface area contributed by atoms with Crippen molar-refractivity contribution >= 4 is 0 Å². The molecular weight excluding hydrogens is 164 g/mol. The molecule has 1 heterocycles. The number of aromatic nitrogens is 2. The molecule has 1 aromatic heterocycles. The Bertz CT molecular complexity index is 297. The first-order valence-electron chi connectivity index (χ1n) is 4.38. The molecule has 1 N–H and O–H groups in total. The molecule has 0 saturated carbocycles. The van der Waals surface area contributed by atoms with Crippen molar-refractivity contribution in [1.82, 2.24) is 15.1 Å². The Morgan fingerprint density at radius 1 is 1.77 bits per heavy atom. The van der Waals surface area contributed by atoms with Gasteiger partial charge in [-0.2, -0.15) is 10.4 Å². The average Bonchev–Trinajstić information content (AvgIpc) is 2.50. The van der Waals surface area contributed by atoms with E-state index in [1.807, 2.05) is 20.0 Å². The fraction of sp³-hybridized carbons (Fsp3) is 0.556. The van der Waals surface area contributed by atoms with Crippen LogP contribution in [0.5, 0.6) is 0 Å². The van der Waals surface area contributed by atoms with E-state index in [4.69, 9.17) is 5.26 Å². The maximum Gasteiger partial charge on any atom is 0.115 e. The van der Waals surface area contributed by atoms with Crippen LogP contribution in [0, 0.1) is 18.3 Å². The summed E-state index contributed by atoms with van der Waals surface area (Å²) >= 11 is 0. The minimum absolute atomic E-state index is 0.149. The molecule has 0 aromatic carbocycles. The van der Waals surface area contributed by atoms with E-state index in [-0.39, 0.29) is 6.04 Å². The molecule has 0 spiro atoms. The van der Waals surface area contributed by atoms with Gasteiger partial charge in [0.1, 0.15) is 6.04 Å². The molecule has 0 fully saturated rings. The zero-order valence-corrected chi connectivity index (χ0v) is 7.99. The molecule has 0 aliphatic carbocycles. The quantitative estimate of drug-likeness (QED) is 0.738. The van der Waals surface area contributed by atoms with Crippen molar-refractivity contribution in [3.8, 4) is 6.07 Å². The van der Waals surface area contributed by atoms with Gasteiger partial charge in [0.15, 0.2) is 0 Å². The Balaban J connectivity index is 2.52. The molecule has 13 heavy (non-hydrogen) atoms. The molecule has 1 unspecified atom stereocenters. The third-order valence-electron chi connectivity index (χ3n) is 1.74. The van der Waals surface area contributed by atoms with Crippen LogP contribution in [0.2, 0.25) is 0 Å². The van der Waals surface area contributed by atoms with Crippen molar-refractivity contribution in [3.63, 3.8) is 0 Å². The molecule has 1 atom stereocenters. The predicted octanol–water partition coefficient (Wildman–Crippen LogP) is 0.693. The second-order valence-corrected chi connectivity index (χ2v) is 2.98. The molecule has 0 amide bonds. The van der Waals surface area contributed by atoms with Gasteiger partial charge in [0.25, 0.3) is 0 Å². The first-order valence-corrected chi connectivity index (χ1v) is 4.38. The van der Waals surface area contributed by atoms with E-state index in [1.165, 1.54) is 0 Å². The van der Waals surface area contributed by atoms with Crippen molar-refractivity contribution < 1.29 is 0 Å². The summed E-state index contributed by atoms with van der Waals surface area (Å²) in [6.07, 6.45) is 3.72. The second kappa shape index (κ2) is 4.63. The maximum atomic E-state index is 8.77. The van der Waals surface area contributed by atoms with Crippen molar-refractivity contribution in [2.24, 2.45) is 0 Å². The van der Waals surface area contributed by atoms with Gasteiger partial charge in [0.05, 0.1) is 18.8 Å². The largest absolute Gasteiger partial charge is 0.301 e. The molecule has 4 nitrogen and oxygen atoms in total.